The lowest BCUT2D eigenvalue weighted by Gasteiger charge is -2.24. The van der Waals surface area contributed by atoms with Crippen LogP contribution >= 0.6 is 11.3 Å². The predicted octanol–water partition coefficient (Wildman–Crippen LogP) is 3.28. The number of carbonyl (C=O) groups excluding carboxylic acids is 1. The van der Waals surface area contributed by atoms with E-state index < -0.39 is 5.41 Å². The van der Waals surface area contributed by atoms with Gasteiger partial charge in [-0.25, -0.2) is 4.98 Å². The number of methoxy groups -OCH3 is 1. The number of rotatable bonds is 6. The van der Waals surface area contributed by atoms with Crippen molar-refractivity contribution >= 4 is 17.3 Å². The summed E-state index contributed by atoms with van der Waals surface area (Å²) in [6, 6.07) is 0. The number of ether oxygens (including phenoxy) is 1. The summed E-state index contributed by atoms with van der Waals surface area (Å²) < 4.78 is 10.1. The molecule has 1 aliphatic carbocycles. The van der Waals surface area contributed by atoms with Gasteiger partial charge in [-0.05, 0) is 26.2 Å². The molecule has 0 spiro atoms. The summed E-state index contributed by atoms with van der Waals surface area (Å²) in [6.07, 6.45) is 5.33. The number of nitrogens with zero attached hydrogens (tertiary/aromatic N) is 3. The molecule has 23 heavy (non-hydrogen) atoms. The molecule has 0 amide bonds. The molecule has 1 saturated carbocycles. The topological polar surface area (TPSA) is 78.1 Å². The Labute approximate surface area is 139 Å². The second kappa shape index (κ2) is 6.39. The number of hydrogen-bond donors (Lipinski definition) is 0. The van der Waals surface area contributed by atoms with Gasteiger partial charge in [0, 0.05) is 11.8 Å². The van der Waals surface area contributed by atoms with Crippen LogP contribution in [0.25, 0.3) is 10.8 Å². The van der Waals surface area contributed by atoms with Crippen LogP contribution in [0.5, 0.6) is 0 Å². The third kappa shape index (κ3) is 3.60. The average molecular weight is 335 g/mol. The van der Waals surface area contributed by atoms with Gasteiger partial charge in [-0.2, -0.15) is 4.98 Å². The molecular formula is C16H21N3O3S. The molecule has 0 saturated heterocycles. The highest BCUT2D eigenvalue weighted by atomic mass is 32.1. The van der Waals surface area contributed by atoms with Gasteiger partial charge in [-0.3, -0.25) is 4.79 Å². The number of aromatic nitrogens is 3. The molecule has 0 radical (unpaired) electrons. The van der Waals surface area contributed by atoms with Crippen molar-refractivity contribution in [3.63, 3.8) is 0 Å². The van der Waals surface area contributed by atoms with Crippen LogP contribution in [-0.4, -0.2) is 28.2 Å². The van der Waals surface area contributed by atoms with Crippen LogP contribution in [0.1, 0.15) is 44.7 Å². The predicted molar refractivity (Wildman–Crippen MR) is 86.0 cm³/mol. The first-order valence-corrected chi connectivity index (χ1v) is 8.71. The number of hydrogen-bond acceptors (Lipinski definition) is 7. The van der Waals surface area contributed by atoms with Gasteiger partial charge in [0.15, 0.2) is 5.01 Å². The normalized spacial score (nSPS) is 15.4. The van der Waals surface area contributed by atoms with Gasteiger partial charge < -0.3 is 9.26 Å². The van der Waals surface area contributed by atoms with E-state index in [4.69, 9.17) is 9.26 Å². The molecule has 3 rings (SSSR count). The molecule has 2 aromatic heterocycles. The fraction of sp³-hybridized carbons (Fsp3) is 0.625. The largest absolute Gasteiger partial charge is 0.469 e. The molecule has 2 heterocycles. The monoisotopic (exact) mass is 335 g/mol. The van der Waals surface area contributed by atoms with E-state index in [1.165, 1.54) is 37.7 Å². The van der Waals surface area contributed by atoms with Gasteiger partial charge >= 0.3 is 5.97 Å². The third-order valence-electron chi connectivity index (χ3n) is 4.26. The van der Waals surface area contributed by atoms with Crippen LogP contribution in [0.15, 0.2) is 9.90 Å². The SMILES string of the molecule is COC(=O)C(C)(C)Cc1nc(-c2nc(CC3CCC3)cs2)no1. The number of carbonyl (C=O) groups is 1. The van der Waals surface area contributed by atoms with E-state index in [0.717, 1.165) is 23.0 Å². The highest BCUT2D eigenvalue weighted by Crippen LogP contribution is 2.31. The molecule has 1 aliphatic rings. The zero-order chi connectivity index (χ0) is 16.4. The van der Waals surface area contributed by atoms with Crippen LogP contribution in [0.3, 0.4) is 0 Å². The maximum absolute atomic E-state index is 11.7. The smallest absolute Gasteiger partial charge is 0.311 e. The molecule has 1 fully saturated rings. The van der Waals surface area contributed by atoms with Crippen molar-refractivity contribution in [1.29, 1.82) is 0 Å². The van der Waals surface area contributed by atoms with Crippen LogP contribution in [0, 0.1) is 11.3 Å². The van der Waals surface area contributed by atoms with E-state index in [-0.39, 0.29) is 5.97 Å². The lowest BCUT2D eigenvalue weighted by atomic mass is 9.82. The minimum Gasteiger partial charge on any atom is -0.469 e. The molecule has 124 valence electrons. The molecule has 0 N–H and O–H groups in total. The maximum atomic E-state index is 11.7. The van der Waals surface area contributed by atoms with Gasteiger partial charge in [-0.15, -0.1) is 11.3 Å². The van der Waals surface area contributed by atoms with Crippen molar-refractivity contribution in [3.8, 4) is 10.8 Å². The van der Waals surface area contributed by atoms with E-state index in [0.29, 0.717) is 18.1 Å². The summed E-state index contributed by atoms with van der Waals surface area (Å²) in [4.78, 5) is 20.7. The van der Waals surface area contributed by atoms with Crippen LogP contribution in [0.2, 0.25) is 0 Å². The first kappa shape index (κ1) is 16.1. The Morgan fingerprint density at radius 1 is 1.43 bits per heavy atom. The van der Waals surface area contributed by atoms with Gasteiger partial charge in [0.2, 0.25) is 11.7 Å². The highest BCUT2D eigenvalue weighted by Gasteiger charge is 2.31. The Morgan fingerprint density at radius 3 is 2.87 bits per heavy atom. The molecule has 0 unspecified atom stereocenters. The Kier molecular flexibility index (Phi) is 4.48. The van der Waals surface area contributed by atoms with Gasteiger partial charge in [0.25, 0.3) is 0 Å². The van der Waals surface area contributed by atoms with Crippen molar-refractivity contribution in [2.75, 3.05) is 7.11 Å². The summed E-state index contributed by atoms with van der Waals surface area (Å²) in [6.45, 7) is 3.59. The number of thiazole rings is 1. The average Bonchev–Trinajstić information content (AvgIpc) is 3.10. The van der Waals surface area contributed by atoms with Crippen molar-refractivity contribution < 1.29 is 14.1 Å². The molecule has 0 atom stereocenters. The summed E-state index contributed by atoms with van der Waals surface area (Å²) in [5.41, 5.74) is 0.410. The Hall–Kier alpha value is -1.76. The van der Waals surface area contributed by atoms with Crippen LogP contribution in [0.4, 0.5) is 0 Å². The minimum atomic E-state index is -0.698. The Bertz CT molecular complexity index is 688. The third-order valence-corrected chi connectivity index (χ3v) is 5.15. The lowest BCUT2D eigenvalue weighted by Crippen LogP contribution is -2.28. The molecule has 2 aromatic rings. The zero-order valence-electron chi connectivity index (χ0n) is 13.7. The van der Waals surface area contributed by atoms with Gasteiger partial charge in [0.05, 0.1) is 18.2 Å². The first-order chi connectivity index (χ1) is 11.0. The van der Waals surface area contributed by atoms with E-state index in [1.54, 1.807) is 13.8 Å². The van der Waals surface area contributed by atoms with Crippen LogP contribution < -0.4 is 0 Å². The second-order valence-electron chi connectivity index (χ2n) is 6.71. The quantitative estimate of drug-likeness (QED) is 0.754. The van der Waals surface area contributed by atoms with E-state index in [2.05, 4.69) is 20.5 Å². The standard InChI is InChI=1S/C16H21N3O3S/c1-16(2,15(20)21-3)8-12-18-13(19-22-12)14-17-11(9-23-14)7-10-5-4-6-10/h9-10H,4-8H2,1-3H3. The second-order valence-corrected chi connectivity index (χ2v) is 7.57. The molecule has 0 aliphatic heterocycles. The summed E-state index contributed by atoms with van der Waals surface area (Å²) in [7, 11) is 1.38. The fourth-order valence-electron chi connectivity index (χ4n) is 2.64. The van der Waals surface area contributed by atoms with Crippen molar-refractivity contribution in [1.82, 2.24) is 15.1 Å². The molecular weight excluding hydrogens is 314 g/mol. The number of esters is 1. The van der Waals surface area contributed by atoms with Crippen molar-refractivity contribution in [3.05, 3.63) is 17.0 Å². The summed E-state index contributed by atoms with van der Waals surface area (Å²) in [5.74, 6) is 1.40. The lowest BCUT2D eigenvalue weighted by molar-refractivity contribution is -0.150. The fourth-order valence-corrected chi connectivity index (χ4v) is 3.39. The summed E-state index contributed by atoms with van der Waals surface area (Å²) >= 11 is 1.53. The maximum Gasteiger partial charge on any atom is 0.311 e. The van der Waals surface area contributed by atoms with Gasteiger partial charge in [-0.1, -0.05) is 24.4 Å². The Balaban J connectivity index is 1.68. The zero-order valence-corrected chi connectivity index (χ0v) is 14.5. The highest BCUT2D eigenvalue weighted by molar-refractivity contribution is 7.13. The molecule has 0 bridgehead atoms. The Morgan fingerprint density at radius 2 is 2.22 bits per heavy atom. The van der Waals surface area contributed by atoms with E-state index in [1.807, 2.05) is 0 Å². The van der Waals surface area contributed by atoms with E-state index >= 15 is 0 Å². The van der Waals surface area contributed by atoms with Crippen LogP contribution in [-0.2, 0) is 22.4 Å². The van der Waals surface area contributed by atoms with Crippen molar-refractivity contribution in [2.24, 2.45) is 11.3 Å². The van der Waals surface area contributed by atoms with Gasteiger partial charge in [0.1, 0.15) is 0 Å². The molecule has 6 nitrogen and oxygen atoms in total. The first-order valence-electron chi connectivity index (χ1n) is 7.84. The van der Waals surface area contributed by atoms with Crippen molar-refractivity contribution in [2.45, 2.75) is 46.0 Å². The molecule has 0 aromatic carbocycles. The minimum absolute atomic E-state index is 0.297. The van der Waals surface area contributed by atoms with E-state index in [9.17, 15) is 4.79 Å². The summed E-state index contributed by atoms with van der Waals surface area (Å²) in [5, 5.41) is 6.83. The molecule has 7 heteroatoms.